The van der Waals surface area contributed by atoms with Gasteiger partial charge in [-0.3, -0.25) is 4.68 Å². The van der Waals surface area contributed by atoms with Gasteiger partial charge in [0.2, 0.25) is 10.0 Å². The van der Waals surface area contributed by atoms with Gasteiger partial charge < -0.3 is 20.0 Å². The monoisotopic (exact) mass is 721 g/mol. The van der Waals surface area contributed by atoms with E-state index in [0.29, 0.717) is 73.9 Å². The maximum absolute atomic E-state index is 14.1. The Hall–Kier alpha value is -2.46. The molecule has 3 aromatic rings. The third-order valence-corrected chi connectivity index (χ3v) is 12.3. The number of hydrogen-bond acceptors (Lipinski definition) is 8. The molecule has 2 saturated heterocycles. The molecule has 1 aromatic heterocycles. The van der Waals surface area contributed by atoms with Crippen LogP contribution in [0.3, 0.4) is 0 Å². The Morgan fingerprint density at radius 2 is 1.65 bits per heavy atom. The van der Waals surface area contributed by atoms with Crippen molar-refractivity contribution in [2.45, 2.75) is 74.4 Å². The van der Waals surface area contributed by atoms with E-state index in [2.05, 4.69) is 34.1 Å². The van der Waals surface area contributed by atoms with Crippen LogP contribution in [0.15, 0.2) is 53.4 Å². The molecule has 14 heteroatoms. The summed E-state index contributed by atoms with van der Waals surface area (Å²) in [6, 6.07) is 14.5. The van der Waals surface area contributed by atoms with E-state index in [-0.39, 0.29) is 30.6 Å². The summed E-state index contributed by atoms with van der Waals surface area (Å²) in [5.74, 6) is 0.949. The molecule has 268 valence electrons. The minimum Gasteiger partial charge on any atom is -0.393 e. The van der Waals surface area contributed by atoms with Crippen molar-refractivity contribution in [1.29, 1.82) is 0 Å². The number of halogens is 3. The van der Waals surface area contributed by atoms with Crippen LogP contribution in [0, 0.1) is 0 Å². The molecular weight excluding hydrogens is 676 g/mol. The summed E-state index contributed by atoms with van der Waals surface area (Å²) < 4.78 is 70.6. The lowest BCUT2D eigenvalue weighted by Crippen LogP contribution is -2.40. The summed E-state index contributed by atoms with van der Waals surface area (Å²) in [5.41, 5.74) is 3.02. The number of fused-ring (bicyclic) bond motifs is 1. The van der Waals surface area contributed by atoms with E-state index in [1.54, 1.807) is 4.68 Å². The van der Waals surface area contributed by atoms with Crippen LogP contribution >= 0.6 is 11.8 Å². The number of aromatic nitrogens is 2. The maximum atomic E-state index is 14.1. The summed E-state index contributed by atoms with van der Waals surface area (Å²) in [4.78, 5) is 4.52. The number of aliphatic hydroxyl groups is 2. The first kappa shape index (κ1) is 36.3. The highest BCUT2D eigenvalue weighted by molar-refractivity contribution is 7.99. The molecule has 49 heavy (non-hydrogen) atoms. The quantitative estimate of drug-likeness (QED) is 0.276. The highest BCUT2D eigenvalue weighted by atomic mass is 32.2. The second-order valence-corrected chi connectivity index (χ2v) is 16.7. The topological polar surface area (TPSA) is 102 Å². The molecule has 1 unspecified atom stereocenters. The molecule has 0 spiro atoms. The molecule has 0 aliphatic carbocycles. The minimum atomic E-state index is -4.54. The molecule has 4 heterocycles. The molecule has 6 rings (SSSR count). The zero-order valence-electron chi connectivity index (χ0n) is 27.9. The van der Waals surface area contributed by atoms with Gasteiger partial charge in [0.1, 0.15) is 0 Å². The van der Waals surface area contributed by atoms with E-state index in [4.69, 9.17) is 5.10 Å². The van der Waals surface area contributed by atoms with Crippen LogP contribution in [0.2, 0.25) is 0 Å². The fraction of sp³-hybridized carbons (Fsp3) is 0.571. The van der Waals surface area contributed by atoms with Crippen LogP contribution in [0.25, 0.3) is 11.3 Å². The van der Waals surface area contributed by atoms with Gasteiger partial charge in [-0.25, -0.2) is 8.42 Å². The Morgan fingerprint density at radius 3 is 2.33 bits per heavy atom. The number of sulfonamides is 1. The fourth-order valence-corrected chi connectivity index (χ4v) is 9.22. The van der Waals surface area contributed by atoms with Crippen molar-refractivity contribution in [3.63, 3.8) is 0 Å². The first-order valence-electron chi connectivity index (χ1n) is 17.1. The lowest BCUT2D eigenvalue weighted by molar-refractivity contribution is -0.139. The standard InChI is InChI=1S/C35H46F3N5O4S2/c1-49(46,47)42-18-13-32-30(24-42)34(39-43(32)23-29(45)22-41-14-9-26(10-15-41)25-5-3-2-4-6-25)27-7-8-31(35(36,37)38)33(21-27)48-20-19-40-16-11-28(44)12-17-40/h2-8,21,26,28-29,44-45H,9-20,22-24H2,1H3. The zero-order chi connectivity index (χ0) is 34.8. The van der Waals surface area contributed by atoms with Crippen LogP contribution in [0.5, 0.6) is 0 Å². The van der Waals surface area contributed by atoms with Crippen molar-refractivity contribution in [2.24, 2.45) is 0 Å². The second-order valence-electron chi connectivity index (χ2n) is 13.6. The summed E-state index contributed by atoms with van der Waals surface area (Å²) in [5, 5.41) is 25.9. The summed E-state index contributed by atoms with van der Waals surface area (Å²) in [6.07, 6.45) is -0.708. The minimum absolute atomic E-state index is 0.0664. The smallest absolute Gasteiger partial charge is 0.393 e. The van der Waals surface area contributed by atoms with Gasteiger partial charge in [0, 0.05) is 73.2 Å². The number of nitrogens with zero attached hydrogens (tertiary/aromatic N) is 5. The zero-order valence-corrected chi connectivity index (χ0v) is 29.5. The second kappa shape index (κ2) is 15.4. The number of rotatable bonds is 11. The highest BCUT2D eigenvalue weighted by Crippen LogP contribution is 2.40. The summed E-state index contributed by atoms with van der Waals surface area (Å²) >= 11 is 1.14. The van der Waals surface area contributed by atoms with Gasteiger partial charge in [0.25, 0.3) is 0 Å². The van der Waals surface area contributed by atoms with Gasteiger partial charge in [-0.2, -0.15) is 22.6 Å². The SMILES string of the molecule is CS(=O)(=O)N1CCc2c(c(-c3ccc(C(F)(F)F)c(SCCN4CCC(O)CC4)c3)nn2CC(O)CN2CCC(c3ccccc3)CC2)C1. The molecular formula is C35H46F3N5O4S2. The van der Waals surface area contributed by atoms with Gasteiger partial charge in [-0.1, -0.05) is 36.4 Å². The molecule has 9 nitrogen and oxygen atoms in total. The normalized spacial score (nSPS) is 20.0. The Morgan fingerprint density at radius 1 is 0.959 bits per heavy atom. The van der Waals surface area contributed by atoms with Gasteiger partial charge >= 0.3 is 6.18 Å². The van der Waals surface area contributed by atoms with Crippen LogP contribution in [0.1, 0.15) is 54.0 Å². The van der Waals surface area contributed by atoms with Gasteiger partial charge in [0.15, 0.2) is 0 Å². The Bertz CT molecular complexity index is 1670. The molecule has 3 aliphatic rings. The van der Waals surface area contributed by atoms with E-state index < -0.39 is 27.9 Å². The molecule has 2 N–H and O–H groups in total. The fourth-order valence-electron chi connectivity index (χ4n) is 7.31. The van der Waals surface area contributed by atoms with E-state index >= 15 is 0 Å². The van der Waals surface area contributed by atoms with Crippen molar-refractivity contribution in [1.82, 2.24) is 23.9 Å². The van der Waals surface area contributed by atoms with E-state index in [9.17, 15) is 31.8 Å². The average Bonchev–Trinajstić information content (AvgIpc) is 3.43. The van der Waals surface area contributed by atoms with Crippen molar-refractivity contribution >= 4 is 21.8 Å². The van der Waals surface area contributed by atoms with Crippen molar-refractivity contribution < 1.29 is 31.8 Å². The highest BCUT2D eigenvalue weighted by Gasteiger charge is 2.35. The molecule has 3 aliphatic heterocycles. The number of thioether (sulfide) groups is 1. The lowest BCUT2D eigenvalue weighted by atomic mass is 9.89. The molecule has 0 amide bonds. The van der Waals surface area contributed by atoms with E-state index in [1.807, 2.05) is 6.07 Å². The molecule has 2 aromatic carbocycles. The number of alkyl halides is 3. The molecule has 1 atom stereocenters. The molecule has 0 saturated carbocycles. The van der Waals surface area contributed by atoms with Crippen molar-refractivity contribution in [3.8, 4) is 11.3 Å². The number of hydrogen-bond donors (Lipinski definition) is 2. The summed E-state index contributed by atoms with van der Waals surface area (Å²) in [6.45, 7) is 4.78. The van der Waals surface area contributed by atoms with E-state index in [0.717, 1.165) is 55.7 Å². The number of piperidine rings is 2. The van der Waals surface area contributed by atoms with Crippen LogP contribution < -0.4 is 0 Å². The number of aliphatic hydroxyl groups excluding tert-OH is 2. The average molecular weight is 722 g/mol. The Balaban J connectivity index is 1.21. The Kier molecular flexibility index (Phi) is 11.4. The third-order valence-electron chi connectivity index (χ3n) is 10.1. The number of β-amino-alcohol motifs (C(OH)–C–C–N with tert-alkyl or cyclic N) is 1. The largest absolute Gasteiger partial charge is 0.417 e. The molecule has 2 fully saturated rings. The Labute approximate surface area is 291 Å². The number of benzene rings is 2. The predicted molar refractivity (Wildman–Crippen MR) is 185 cm³/mol. The maximum Gasteiger partial charge on any atom is 0.417 e. The van der Waals surface area contributed by atoms with Crippen LogP contribution in [-0.2, 0) is 35.7 Å². The lowest BCUT2D eigenvalue weighted by Gasteiger charge is -2.33. The van der Waals surface area contributed by atoms with E-state index in [1.165, 1.54) is 22.0 Å². The van der Waals surface area contributed by atoms with Crippen molar-refractivity contribution in [2.75, 3.05) is 57.8 Å². The predicted octanol–water partition coefficient (Wildman–Crippen LogP) is 4.68. The van der Waals surface area contributed by atoms with Gasteiger partial charge in [-0.15, -0.1) is 11.8 Å². The third kappa shape index (κ3) is 9.07. The first-order valence-corrected chi connectivity index (χ1v) is 19.9. The summed E-state index contributed by atoms with van der Waals surface area (Å²) in [7, 11) is -3.52. The van der Waals surface area contributed by atoms with Crippen LogP contribution in [-0.4, -0.2) is 113 Å². The molecule has 0 radical (unpaired) electrons. The van der Waals surface area contributed by atoms with Crippen LogP contribution in [0.4, 0.5) is 13.2 Å². The van der Waals surface area contributed by atoms with Gasteiger partial charge in [-0.05, 0) is 62.4 Å². The van der Waals surface area contributed by atoms with Crippen molar-refractivity contribution in [3.05, 3.63) is 70.9 Å². The van der Waals surface area contributed by atoms with Gasteiger partial charge in [0.05, 0.1) is 36.3 Å². The number of likely N-dealkylation sites (tertiary alicyclic amines) is 2. The molecule has 0 bridgehead atoms. The first-order chi connectivity index (χ1) is 23.3.